The van der Waals surface area contributed by atoms with Crippen molar-refractivity contribution >= 4 is 37.3 Å². The zero-order valence-corrected chi connectivity index (χ0v) is 12.9. The van der Waals surface area contributed by atoms with Crippen LogP contribution in [0.2, 0.25) is 0 Å². The van der Waals surface area contributed by atoms with E-state index >= 15 is 0 Å². The summed E-state index contributed by atoms with van der Waals surface area (Å²) in [4.78, 5) is -0.180. The van der Waals surface area contributed by atoms with Gasteiger partial charge in [-0.05, 0) is 42.8 Å². The smallest absolute Gasteiger partial charge is 0.261 e. The SMILES string of the molecule is Cc1ccc(NS(=O)(=O)c2ccc(N)c(F)c2)cc1Br. The van der Waals surface area contributed by atoms with Crippen LogP contribution in [-0.2, 0) is 10.0 Å². The topological polar surface area (TPSA) is 72.2 Å². The first-order valence-corrected chi connectivity index (χ1v) is 7.91. The van der Waals surface area contributed by atoms with Gasteiger partial charge in [-0.15, -0.1) is 0 Å². The Morgan fingerprint density at radius 1 is 1.20 bits per heavy atom. The number of nitrogen functional groups attached to an aromatic ring is 1. The number of nitrogens with one attached hydrogen (secondary N) is 1. The average Bonchev–Trinajstić information content (AvgIpc) is 2.37. The van der Waals surface area contributed by atoms with E-state index in [0.717, 1.165) is 16.1 Å². The van der Waals surface area contributed by atoms with Crippen molar-refractivity contribution in [3.63, 3.8) is 0 Å². The molecule has 0 fully saturated rings. The molecular formula is C13H12BrFN2O2S. The molecule has 0 bridgehead atoms. The van der Waals surface area contributed by atoms with E-state index in [1.165, 1.54) is 12.1 Å². The lowest BCUT2D eigenvalue weighted by Crippen LogP contribution is -2.13. The van der Waals surface area contributed by atoms with E-state index in [1.54, 1.807) is 18.2 Å². The van der Waals surface area contributed by atoms with Gasteiger partial charge in [0.25, 0.3) is 10.0 Å². The zero-order valence-electron chi connectivity index (χ0n) is 10.5. The quantitative estimate of drug-likeness (QED) is 0.827. The van der Waals surface area contributed by atoms with Crippen molar-refractivity contribution in [2.24, 2.45) is 0 Å². The summed E-state index contributed by atoms with van der Waals surface area (Å²) in [5.41, 5.74) is 6.60. The molecule has 106 valence electrons. The minimum absolute atomic E-state index is 0.0953. The van der Waals surface area contributed by atoms with Crippen LogP contribution in [-0.4, -0.2) is 8.42 Å². The number of rotatable bonds is 3. The highest BCUT2D eigenvalue weighted by Gasteiger charge is 2.16. The Bertz CT molecular complexity index is 763. The molecule has 2 aromatic carbocycles. The van der Waals surface area contributed by atoms with Crippen LogP contribution in [0.1, 0.15) is 5.56 Å². The van der Waals surface area contributed by atoms with Crippen molar-refractivity contribution in [1.82, 2.24) is 0 Å². The molecule has 0 radical (unpaired) electrons. The molecule has 2 rings (SSSR count). The van der Waals surface area contributed by atoms with Crippen LogP contribution in [0.4, 0.5) is 15.8 Å². The van der Waals surface area contributed by atoms with E-state index in [9.17, 15) is 12.8 Å². The van der Waals surface area contributed by atoms with Crippen molar-refractivity contribution in [2.75, 3.05) is 10.5 Å². The zero-order chi connectivity index (χ0) is 14.9. The Balaban J connectivity index is 2.35. The number of hydrogen-bond acceptors (Lipinski definition) is 3. The molecule has 0 spiro atoms. The Kier molecular flexibility index (Phi) is 4.01. The lowest BCUT2D eigenvalue weighted by atomic mass is 10.2. The lowest BCUT2D eigenvalue weighted by Gasteiger charge is -2.10. The van der Waals surface area contributed by atoms with E-state index in [0.29, 0.717) is 5.69 Å². The second-order valence-electron chi connectivity index (χ2n) is 4.25. The van der Waals surface area contributed by atoms with Crippen LogP contribution in [0, 0.1) is 12.7 Å². The summed E-state index contributed by atoms with van der Waals surface area (Å²) in [6, 6.07) is 8.40. The second kappa shape index (κ2) is 5.41. The molecule has 7 heteroatoms. The first-order chi connectivity index (χ1) is 9.29. The molecule has 0 aliphatic rings. The van der Waals surface area contributed by atoms with Crippen LogP contribution < -0.4 is 10.5 Å². The fourth-order valence-electron chi connectivity index (χ4n) is 1.55. The highest BCUT2D eigenvalue weighted by atomic mass is 79.9. The Labute approximate surface area is 125 Å². The van der Waals surface area contributed by atoms with Gasteiger partial charge < -0.3 is 5.73 Å². The Hall–Kier alpha value is -1.60. The molecule has 4 nitrogen and oxygen atoms in total. The summed E-state index contributed by atoms with van der Waals surface area (Å²) in [5.74, 6) is -0.766. The number of anilines is 2. The summed E-state index contributed by atoms with van der Waals surface area (Å²) < 4.78 is 40.8. The normalized spacial score (nSPS) is 11.3. The van der Waals surface area contributed by atoms with Gasteiger partial charge in [0.05, 0.1) is 10.6 Å². The number of aryl methyl sites for hydroxylation is 1. The van der Waals surface area contributed by atoms with Gasteiger partial charge in [0.1, 0.15) is 5.82 Å². The van der Waals surface area contributed by atoms with Gasteiger partial charge in [-0.2, -0.15) is 0 Å². The van der Waals surface area contributed by atoms with Crippen LogP contribution >= 0.6 is 15.9 Å². The maximum Gasteiger partial charge on any atom is 0.261 e. The maximum absolute atomic E-state index is 13.3. The van der Waals surface area contributed by atoms with Crippen molar-refractivity contribution in [3.05, 3.63) is 52.3 Å². The molecule has 3 N–H and O–H groups in total. The minimum atomic E-state index is -3.85. The van der Waals surface area contributed by atoms with E-state index < -0.39 is 15.8 Å². The molecule has 0 unspecified atom stereocenters. The Morgan fingerprint density at radius 2 is 1.90 bits per heavy atom. The van der Waals surface area contributed by atoms with Crippen molar-refractivity contribution in [2.45, 2.75) is 11.8 Å². The Morgan fingerprint density at radius 3 is 2.50 bits per heavy atom. The van der Waals surface area contributed by atoms with Gasteiger partial charge in [0.2, 0.25) is 0 Å². The number of sulfonamides is 1. The molecule has 0 atom stereocenters. The van der Waals surface area contributed by atoms with Crippen LogP contribution in [0.5, 0.6) is 0 Å². The highest BCUT2D eigenvalue weighted by Crippen LogP contribution is 2.24. The number of nitrogens with two attached hydrogens (primary N) is 1. The first-order valence-electron chi connectivity index (χ1n) is 5.63. The maximum atomic E-state index is 13.3. The number of benzene rings is 2. The summed E-state index contributed by atoms with van der Waals surface area (Å²) in [6.07, 6.45) is 0. The number of halogens is 2. The fourth-order valence-corrected chi connectivity index (χ4v) is 2.99. The third-order valence-electron chi connectivity index (χ3n) is 2.71. The third-order valence-corrected chi connectivity index (χ3v) is 4.94. The van der Waals surface area contributed by atoms with Gasteiger partial charge in [0, 0.05) is 10.2 Å². The van der Waals surface area contributed by atoms with Gasteiger partial charge in [-0.1, -0.05) is 22.0 Å². The largest absolute Gasteiger partial charge is 0.396 e. The van der Waals surface area contributed by atoms with Crippen molar-refractivity contribution < 1.29 is 12.8 Å². The molecule has 0 saturated heterocycles. The van der Waals surface area contributed by atoms with Gasteiger partial charge >= 0.3 is 0 Å². The average molecular weight is 359 g/mol. The third kappa shape index (κ3) is 3.10. The lowest BCUT2D eigenvalue weighted by molar-refractivity contribution is 0.596. The minimum Gasteiger partial charge on any atom is -0.396 e. The predicted octanol–water partition coefficient (Wildman–Crippen LogP) is 3.28. The van der Waals surface area contributed by atoms with Crippen LogP contribution in [0.3, 0.4) is 0 Å². The molecule has 0 aromatic heterocycles. The van der Waals surface area contributed by atoms with E-state index in [1.807, 2.05) is 6.92 Å². The molecular weight excluding hydrogens is 347 g/mol. The van der Waals surface area contributed by atoms with Gasteiger partial charge in [0.15, 0.2) is 0 Å². The monoisotopic (exact) mass is 358 g/mol. The van der Waals surface area contributed by atoms with E-state index in [2.05, 4.69) is 20.7 Å². The number of hydrogen-bond donors (Lipinski definition) is 2. The predicted molar refractivity (Wildman–Crippen MR) is 80.5 cm³/mol. The van der Waals surface area contributed by atoms with E-state index in [4.69, 9.17) is 5.73 Å². The summed E-state index contributed by atoms with van der Waals surface area (Å²) in [6.45, 7) is 1.89. The summed E-state index contributed by atoms with van der Waals surface area (Å²) in [5, 5.41) is 0. The van der Waals surface area contributed by atoms with Gasteiger partial charge in [-0.25, -0.2) is 12.8 Å². The van der Waals surface area contributed by atoms with Crippen LogP contribution in [0.15, 0.2) is 45.8 Å². The van der Waals surface area contributed by atoms with E-state index in [-0.39, 0.29) is 10.6 Å². The van der Waals surface area contributed by atoms with Crippen LogP contribution in [0.25, 0.3) is 0 Å². The first kappa shape index (κ1) is 14.8. The molecule has 0 aliphatic carbocycles. The fraction of sp³-hybridized carbons (Fsp3) is 0.0769. The highest BCUT2D eigenvalue weighted by molar-refractivity contribution is 9.10. The van der Waals surface area contributed by atoms with Crippen molar-refractivity contribution in [1.29, 1.82) is 0 Å². The molecule has 20 heavy (non-hydrogen) atoms. The molecule has 2 aromatic rings. The summed E-state index contributed by atoms with van der Waals surface area (Å²) in [7, 11) is -3.85. The molecule has 0 saturated carbocycles. The molecule has 0 aliphatic heterocycles. The standard InChI is InChI=1S/C13H12BrFN2O2S/c1-8-2-3-9(6-11(8)14)17-20(18,19)10-4-5-13(16)12(15)7-10/h2-7,17H,16H2,1H3. The van der Waals surface area contributed by atoms with Gasteiger partial charge in [-0.3, -0.25) is 4.72 Å². The molecule has 0 heterocycles. The second-order valence-corrected chi connectivity index (χ2v) is 6.79. The molecule has 0 amide bonds. The van der Waals surface area contributed by atoms with Crippen molar-refractivity contribution in [3.8, 4) is 0 Å². The summed E-state index contributed by atoms with van der Waals surface area (Å²) >= 11 is 3.32.